The van der Waals surface area contributed by atoms with Crippen LogP contribution < -0.4 is 5.32 Å². The molecule has 102 valence electrons. The van der Waals surface area contributed by atoms with Gasteiger partial charge < -0.3 is 10.4 Å². The number of ketones is 1. The molecule has 1 aromatic rings. The monoisotopic (exact) mass is 283 g/mol. The third kappa shape index (κ3) is 6.01. The molecule has 19 heavy (non-hydrogen) atoms. The van der Waals surface area contributed by atoms with E-state index in [-0.39, 0.29) is 37.5 Å². The first-order valence-corrected chi connectivity index (χ1v) is 6.14. The molecule has 0 aliphatic heterocycles. The molecule has 1 rings (SSSR count). The molecule has 1 aromatic carbocycles. The summed E-state index contributed by atoms with van der Waals surface area (Å²) in [5, 5.41) is 11.4. The zero-order valence-corrected chi connectivity index (χ0v) is 10.9. The molecule has 0 saturated heterocycles. The molecule has 0 spiro atoms. The van der Waals surface area contributed by atoms with Crippen LogP contribution in [0.3, 0.4) is 0 Å². The number of rotatable bonds is 7. The Labute approximate surface area is 115 Å². The zero-order valence-electron chi connectivity index (χ0n) is 10.2. The Kier molecular flexibility index (Phi) is 6.02. The Morgan fingerprint density at radius 3 is 2.26 bits per heavy atom. The van der Waals surface area contributed by atoms with Gasteiger partial charge in [0.2, 0.25) is 5.91 Å². The number of hydrogen-bond donors (Lipinski definition) is 2. The van der Waals surface area contributed by atoms with Crippen LogP contribution in [0.4, 0.5) is 0 Å². The van der Waals surface area contributed by atoms with Crippen LogP contribution in [-0.2, 0) is 9.59 Å². The summed E-state index contributed by atoms with van der Waals surface area (Å²) in [5.74, 6) is -1.45. The predicted molar refractivity (Wildman–Crippen MR) is 70.3 cm³/mol. The average Bonchev–Trinajstić information content (AvgIpc) is 2.36. The predicted octanol–water partition coefficient (Wildman–Crippen LogP) is 1.89. The van der Waals surface area contributed by atoms with Crippen molar-refractivity contribution in [3.05, 3.63) is 34.9 Å². The minimum atomic E-state index is -0.974. The number of aliphatic carboxylic acids is 1. The fourth-order valence-corrected chi connectivity index (χ4v) is 1.53. The van der Waals surface area contributed by atoms with Gasteiger partial charge in [-0.2, -0.15) is 0 Å². The molecular weight excluding hydrogens is 270 g/mol. The van der Waals surface area contributed by atoms with Gasteiger partial charge in [0.25, 0.3) is 0 Å². The van der Waals surface area contributed by atoms with Gasteiger partial charge in [0.15, 0.2) is 5.78 Å². The highest BCUT2D eigenvalue weighted by molar-refractivity contribution is 6.30. The van der Waals surface area contributed by atoms with Gasteiger partial charge >= 0.3 is 5.97 Å². The maximum absolute atomic E-state index is 11.7. The van der Waals surface area contributed by atoms with E-state index in [1.54, 1.807) is 24.3 Å². The van der Waals surface area contributed by atoms with Crippen molar-refractivity contribution in [3.8, 4) is 0 Å². The number of Topliss-reactive ketones (excluding diaryl/α,β-unsaturated/α-hetero) is 1. The van der Waals surface area contributed by atoms with E-state index >= 15 is 0 Å². The number of carbonyl (C=O) groups is 3. The Hall–Kier alpha value is -1.88. The number of carbonyl (C=O) groups excluding carboxylic acids is 2. The molecule has 0 heterocycles. The molecule has 0 saturated carbocycles. The number of carboxylic acids is 1. The van der Waals surface area contributed by atoms with Crippen molar-refractivity contribution in [2.45, 2.75) is 19.3 Å². The summed E-state index contributed by atoms with van der Waals surface area (Å²) in [6, 6.07) is 6.43. The van der Waals surface area contributed by atoms with Crippen LogP contribution in [-0.4, -0.2) is 29.3 Å². The lowest BCUT2D eigenvalue weighted by Crippen LogP contribution is -2.26. The topological polar surface area (TPSA) is 83.5 Å². The Bertz CT molecular complexity index is 470. The summed E-state index contributed by atoms with van der Waals surface area (Å²) < 4.78 is 0. The summed E-state index contributed by atoms with van der Waals surface area (Å²) in [4.78, 5) is 33.3. The van der Waals surface area contributed by atoms with E-state index in [1.807, 2.05) is 0 Å². The highest BCUT2D eigenvalue weighted by Crippen LogP contribution is 2.11. The molecule has 5 nitrogen and oxygen atoms in total. The highest BCUT2D eigenvalue weighted by Gasteiger charge is 2.09. The maximum atomic E-state index is 11.7. The van der Waals surface area contributed by atoms with Crippen molar-refractivity contribution >= 4 is 29.3 Å². The van der Waals surface area contributed by atoms with E-state index in [2.05, 4.69) is 5.32 Å². The van der Waals surface area contributed by atoms with E-state index in [4.69, 9.17) is 16.7 Å². The number of hydrogen-bond acceptors (Lipinski definition) is 3. The molecule has 0 aliphatic rings. The highest BCUT2D eigenvalue weighted by atomic mass is 35.5. The standard InChI is InChI=1S/C13H14ClNO4/c14-10-3-1-9(2-4-10)11(16)5-6-12(17)15-8-7-13(18)19/h1-4H,5-8H2,(H,15,17)(H,18,19). The molecule has 0 bridgehead atoms. The van der Waals surface area contributed by atoms with E-state index in [9.17, 15) is 14.4 Å². The lowest BCUT2D eigenvalue weighted by atomic mass is 10.1. The normalized spacial score (nSPS) is 9.95. The summed E-state index contributed by atoms with van der Waals surface area (Å²) in [5.41, 5.74) is 0.503. The van der Waals surface area contributed by atoms with Gasteiger partial charge in [-0.15, -0.1) is 0 Å². The fraction of sp³-hybridized carbons (Fsp3) is 0.308. The first-order chi connectivity index (χ1) is 8.99. The van der Waals surface area contributed by atoms with E-state index < -0.39 is 5.97 Å². The molecule has 6 heteroatoms. The summed E-state index contributed by atoms with van der Waals surface area (Å²) >= 11 is 5.70. The van der Waals surface area contributed by atoms with Crippen LogP contribution in [0.25, 0.3) is 0 Å². The second kappa shape index (κ2) is 7.53. The van der Waals surface area contributed by atoms with Crippen molar-refractivity contribution < 1.29 is 19.5 Å². The van der Waals surface area contributed by atoms with Crippen molar-refractivity contribution in [1.29, 1.82) is 0 Å². The van der Waals surface area contributed by atoms with Crippen LogP contribution in [0.2, 0.25) is 5.02 Å². The first-order valence-electron chi connectivity index (χ1n) is 5.76. The molecule has 0 fully saturated rings. The largest absolute Gasteiger partial charge is 0.481 e. The lowest BCUT2D eigenvalue weighted by molar-refractivity contribution is -0.136. The zero-order chi connectivity index (χ0) is 14.3. The van der Waals surface area contributed by atoms with Crippen LogP contribution in [0.1, 0.15) is 29.6 Å². The second-order valence-electron chi connectivity index (χ2n) is 3.92. The average molecular weight is 284 g/mol. The van der Waals surface area contributed by atoms with Crippen molar-refractivity contribution in [3.63, 3.8) is 0 Å². The van der Waals surface area contributed by atoms with Crippen LogP contribution in [0.15, 0.2) is 24.3 Å². The number of carboxylic acid groups (broad SMARTS) is 1. The van der Waals surface area contributed by atoms with Crippen LogP contribution >= 0.6 is 11.6 Å². The Balaban J connectivity index is 2.31. The smallest absolute Gasteiger partial charge is 0.305 e. The van der Waals surface area contributed by atoms with Gasteiger partial charge in [-0.05, 0) is 24.3 Å². The Morgan fingerprint density at radius 2 is 1.68 bits per heavy atom. The summed E-state index contributed by atoms with van der Waals surface area (Å²) in [7, 11) is 0. The second-order valence-corrected chi connectivity index (χ2v) is 4.36. The van der Waals surface area contributed by atoms with Gasteiger partial charge in [0.1, 0.15) is 0 Å². The molecule has 0 unspecified atom stereocenters. The third-order valence-electron chi connectivity index (χ3n) is 2.41. The summed E-state index contributed by atoms with van der Waals surface area (Å²) in [6.45, 7) is 0.0727. The molecule has 0 aromatic heterocycles. The summed E-state index contributed by atoms with van der Waals surface area (Å²) in [6.07, 6.45) is -0.00150. The lowest BCUT2D eigenvalue weighted by Gasteiger charge is -2.03. The van der Waals surface area contributed by atoms with Crippen molar-refractivity contribution in [2.24, 2.45) is 0 Å². The van der Waals surface area contributed by atoms with E-state index in [0.717, 1.165) is 0 Å². The Morgan fingerprint density at radius 1 is 1.05 bits per heavy atom. The van der Waals surface area contributed by atoms with Gasteiger partial charge in [-0.25, -0.2) is 0 Å². The number of halogens is 1. The van der Waals surface area contributed by atoms with Crippen LogP contribution in [0.5, 0.6) is 0 Å². The number of benzene rings is 1. The molecular formula is C13H14ClNO4. The first kappa shape index (κ1) is 15.2. The third-order valence-corrected chi connectivity index (χ3v) is 2.66. The minimum absolute atomic E-state index is 0.0427. The van der Waals surface area contributed by atoms with Crippen molar-refractivity contribution in [2.75, 3.05) is 6.54 Å². The van der Waals surface area contributed by atoms with Gasteiger partial charge in [-0.1, -0.05) is 11.6 Å². The molecule has 0 radical (unpaired) electrons. The van der Waals surface area contributed by atoms with Crippen molar-refractivity contribution in [1.82, 2.24) is 5.32 Å². The van der Waals surface area contributed by atoms with Crippen LogP contribution in [0, 0.1) is 0 Å². The van der Waals surface area contributed by atoms with E-state index in [0.29, 0.717) is 10.6 Å². The minimum Gasteiger partial charge on any atom is -0.481 e. The molecule has 0 aliphatic carbocycles. The maximum Gasteiger partial charge on any atom is 0.305 e. The van der Waals surface area contributed by atoms with Gasteiger partial charge in [-0.3, -0.25) is 14.4 Å². The fourth-order valence-electron chi connectivity index (χ4n) is 1.40. The van der Waals surface area contributed by atoms with Gasteiger partial charge in [0, 0.05) is 30.0 Å². The van der Waals surface area contributed by atoms with E-state index in [1.165, 1.54) is 0 Å². The SMILES string of the molecule is O=C(O)CCNC(=O)CCC(=O)c1ccc(Cl)cc1. The number of nitrogens with one attached hydrogen (secondary N) is 1. The molecule has 1 amide bonds. The molecule has 0 atom stereocenters. The quantitative estimate of drug-likeness (QED) is 0.749. The van der Waals surface area contributed by atoms with Gasteiger partial charge in [0.05, 0.1) is 6.42 Å². The molecule has 2 N–H and O–H groups in total. The number of amides is 1.